The van der Waals surface area contributed by atoms with Crippen LogP contribution >= 0.6 is 0 Å². The summed E-state index contributed by atoms with van der Waals surface area (Å²) in [5.74, 6) is 1.95. The normalized spacial score (nSPS) is 41.9. The molecule has 60 valence electrons. The fourth-order valence-corrected chi connectivity index (χ4v) is 2.34. The van der Waals surface area contributed by atoms with Crippen molar-refractivity contribution in [2.45, 2.75) is 19.8 Å². The summed E-state index contributed by atoms with van der Waals surface area (Å²) in [6.45, 7) is 1.92. The monoisotopic (exact) mass is 151 g/mol. The van der Waals surface area contributed by atoms with Crippen molar-refractivity contribution in [3.05, 3.63) is 12.2 Å². The molecule has 3 atom stereocenters. The standard InChI is InChI=1S/C9H13NO/c1-6(10-11)9-5-7-2-3-8(9)4-7/h2-3,7-9,11H,4-5H2,1H3/b10-6-/t7-,8-,9-/m0/s1. The molecule has 0 aromatic rings. The smallest absolute Gasteiger partial charge is 0.0576 e. The van der Waals surface area contributed by atoms with Crippen LogP contribution in [0.25, 0.3) is 0 Å². The Balaban J connectivity index is 2.14. The van der Waals surface area contributed by atoms with E-state index in [1.165, 1.54) is 12.8 Å². The summed E-state index contributed by atoms with van der Waals surface area (Å²) in [6, 6.07) is 0. The molecule has 0 spiro atoms. The number of oxime groups is 1. The molecule has 0 amide bonds. The summed E-state index contributed by atoms with van der Waals surface area (Å²) in [4.78, 5) is 0. The summed E-state index contributed by atoms with van der Waals surface area (Å²) in [7, 11) is 0. The second-order valence-corrected chi connectivity index (χ2v) is 3.63. The van der Waals surface area contributed by atoms with E-state index >= 15 is 0 Å². The summed E-state index contributed by atoms with van der Waals surface area (Å²) >= 11 is 0. The zero-order valence-electron chi connectivity index (χ0n) is 6.70. The van der Waals surface area contributed by atoms with Gasteiger partial charge in [0.05, 0.1) is 5.71 Å². The molecule has 11 heavy (non-hydrogen) atoms. The lowest BCUT2D eigenvalue weighted by Crippen LogP contribution is -2.15. The topological polar surface area (TPSA) is 32.6 Å². The molecular weight excluding hydrogens is 138 g/mol. The maximum atomic E-state index is 8.59. The zero-order chi connectivity index (χ0) is 7.84. The Morgan fingerprint density at radius 1 is 1.45 bits per heavy atom. The molecule has 2 aliphatic rings. The van der Waals surface area contributed by atoms with Gasteiger partial charge in [0.1, 0.15) is 0 Å². The first-order valence-electron chi connectivity index (χ1n) is 4.18. The van der Waals surface area contributed by atoms with Crippen LogP contribution in [-0.4, -0.2) is 10.9 Å². The summed E-state index contributed by atoms with van der Waals surface area (Å²) in [5, 5.41) is 11.9. The van der Waals surface area contributed by atoms with Crippen LogP contribution in [0, 0.1) is 17.8 Å². The average molecular weight is 151 g/mol. The van der Waals surface area contributed by atoms with E-state index < -0.39 is 0 Å². The van der Waals surface area contributed by atoms with Crippen LogP contribution in [0.2, 0.25) is 0 Å². The third-order valence-corrected chi connectivity index (χ3v) is 2.97. The SMILES string of the molecule is C/C(=N/O)[C@@H]1C[C@H]2C=C[C@H]1C2. The van der Waals surface area contributed by atoms with Crippen LogP contribution in [0.5, 0.6) is 0 Å². The van der Waals surface area contributed by atoms with Gasteiger partial charge in [-0.25, -0.2) is 0 Å². The van der Waals surface area contributed by atoms with Crippen molar-refractivity contribution in [2.24, 2.45) is 22.9 Å². The number of allylic oxidation sites excluding steroid dienone is 2. The maximum Gasteiger partial charge on any atom is 0.0576 e. The number of nitrogens with zero attached hydrogens (tertiary/aromatic N) is 1. The summed E-state index contributed by atoms with van der Waals surface area (Å²) < 4.78 is 0. The van der Waals surface area contributed by atoms with E-state index in [1.54, 1.807) is 0 Å². The van der Waals surface area contributed by atoms with Crippen LogP contribution in [0.4, 0.5) is 0 Å². The van der Waals surface area contributed by atoms with Crippen LogP contribution < -0.4 is 0 Å². The summed E-state index contributed by atoms with van der Waals surface area (Å²) in [5.41, 5.74) is 0.904. The predicted octanol–water partition coefficient (Wildman–Crippen LogP) is 2.05. The largest absolute Gasteiger partial charge is 0.411 e. The highest BCUT2D eigenvalue weighted by atomic mass is 16.4. The lowest BCUT2D eigenvalue weighted by Gasteiger charge is -2.15. The lowest BCUT2D eigenvalue weighted by atomic mass is 9.90. The van der Waals surface area contributed by atoms with Crippen molar-refractivity contribution < 1.29 is 5.21 Å². The third kappa shape index (κ3) is 0.971. The molecule has 2 heteroatoms. The predicted molar refractivity (Wildman–Crippen MR) is 43.7 cm³/mol. The van der Waals surface area contributed by atoms with Gasteiger partial charge in [0.25, 0.3) is 0 Å². The number of fused-ring (bicyclic) bond motifs is 2. The number of hydrogen-bond donors (Lipinski definition) is 1. The Morgan fingerprint density at radius 3 is 2.73 bits per heavy atom. The highest BCUT2D eigenvalue weighted by Crippen LogP contribution is 2.43. The number of hydrogen-bond acceptors (Lipinski definition) is 2. The van der Waals surface area contributed by atoms with Gasteiger partial charge in [-0.3, -0.25) is 0 Å². The zero-order valence-corrected chi connectivity index (χ0v) is 6.70. The van der Waals surface area contributed by atoms with E-state index in [0.717, 1.165) is 11.6 Å². The van der Waals surface area contributed by atoms with Crippen molar-refractivity contribution in [2.75, 3.05) is 0 Å². The van der Waals surface area contributed by atoms with E-state index in [2.05, 4.69) is 17.3 Å². The van der Waals surface area contributed by atoms with E-state index in [-0.39, 0.29) is 0 Å². The van der Waals surface area contributed by atoms with Crippen molar-refractivity contribution in [1.82, 2.24) is 0 Å². The Labute approximate surface area is 66.6 Å². The molecule has 0 aliphatic heterocycles. The van der Waals surface area contributed by atoms with E-state index in [1.807, 2.05) is 6.92 Å². The van der Waals surface area contributed by atoms with Gasteiger partial charge in [-0.15, -0.1) is 0 Å². The molecule has 2 bridgehead atoms. The van der Waals surface area contributed by atoms with E-state index in [4.69, 9.17) is 5.21 Å². The first kappa shape index (κ1) is 6.89. The van der Waals surface area contributed by atoms with E-state index in [9.17, 15) is 0 Å². The van der Waals surface area contributed by atoms with Gasteiger partial charge in [-0.1, -0.05) is 17.3 Å². The lowest BCUT2D eigenvalue weighted by molar-refractivity contribution is 0.312. The summed E-state index contributed by atoms with van der Waals surface area (Å²) in [6.07, 6.45) is 7.04. The molecule has 0 heterocycles. The third-order valence-electron chi connectivity index (χ3n) is 2.97. The van der Waals surface area contributed by atoms with Crippen molar-refractivity contribution in [3.8, 4) is 0 Å². The highest BCUT2D eigenvalue weighted by molar-refractivity contribution is 5.84. The molecule has 2 rings (SSSR count). The molecule has 2 nitrogen and oxygen atoms in total. The van der Waals surface area contributed by atoms with Crippen LogP contribution in [0.15, 0.2) is 17.3 Å². The maximum absolute atomic E-state index is 8.59. The number of rotatable bonds is 1. The molecular formula is C9H13NO. The van der Waals surface area contributed by atoms with Gasteiger partial charge >= 0.3 is 0 Å². The fraction of sp³-hybridized carbons (Fsp3) is 0.667. The van der Waals surface area contributed by atoms with Gasteiger partial charge < -0.3 is 5.21 Å². The Morgan fingerprint density at radius 2 is 2.27 bits per heavy atom. The molecule has 2 aliphatic carbocycles. The minimum atomic E-state index is 0.523. The molecule has 0 saturated heterocycles. The van der Waals surface area contributed by atoms with Gasteiger partial charge in [-0.05, 0) is 31.6 Å². The minimum absolute atomic E-state index is 0.523. The average Bonchev–Trinajstić information content (AvgIpc) is 2.62. The molecule has 0 unspecified atom stereocenters. The van der Waals surface area contributed by atoms with Gasteiger partial charge in [0.2, 0.25) is 0 Å². The quantitative estimate of drug-likeness (QED) is 0.264. The van der Waals surface area contributed by atoms with Crippen LogP contribution in [0.3, 0.4) is 0 Å². The molecule has 0 aromatic carbocycles. The molecule has 1 fully saturated rings. The van der Waals surface area contributed by atoms with E-state index in [0.29, 0.717) is 11.8 Å². The van der Waals surface area contributed by atoms with Crippen molar-refractivity contribution in [1.29, 1.82) is 0 Å². The second-order valence-electron chi connectivity index (χ2n) is 3.63. The minimum Gasteiger partial charge on any atom is -0.411 e. The first-order valence-corrected chi connectivity index (χ1v) is 4.18. The van der Waals surface area contributed by atoms with Gasteiger partial charge in [0.15, 0.2) is 0 Å². The molecule has 0 radical (unpaired) electrons. The van der Waals surface area contributed by atoms with Gasteiger partial charge in [0, 0.05) is 5.92 Å². The fourth-order valence-electron chi connectivity index (χ4n) is 2.34. The second kappa shape index (κ2) is 2.36. The van der Waals surface area contributed by atoms with Crippen molar-refractivity contribution >= 4 is 5.71 Å². The Hall–Kier alpha value is -0.790. The molecule has 1 saturated carbocycles. The van der Waals surface area contributed by atoms with Crippen LogP contribution in [-0.2, 0) is 0 Å². The Bertz CT molecular complexity index is 220. The van der Waals surface area contributed by atoms with Gasteiger partial charge in [-0.2, -0.15) is 0 Å². The highest BCUT2D eigenvalue weighted by Gasteiger charge is 2.37. The first-order chi connectivity index (χ1) is 5.31. The molecule has 1 N–H and O–H groups in total. The van der Waals surface area contributed by atoms with Crippen molar-refractivity contribution in [3.63, 3.8) is 0 Å². The Kier molecular flexibility index (Phi) is 1.48. The molecule has 0 aromatic heterocycles. The van der Waals surface area contributed by atoms with Crippen LogP contribution in [0.1, 0.15) is 19.8 Å².